The zero-order chi connectivity index (χ0) is 22.4. The average Bonchev–Trinajstić information content (AvgIpc) is 3.27. The van der Waals surface area contributed by atoms with Crippen molar-refractivity contribution in [3.05, 3.63) is 53.2 Å². The average molecular weight is 446 g/mol. The summed E-state index contributed by atoms with van der Waals surface area (Å²) in [4.78, 5) is 34.3. The number of methoxy groups -OCH3 is 1. The van der Waals surface area contributed by atoms with Crippen molar-refractivity contribution in [3.8, 4) is 5.82 Å². The van der Waals surface area contributed by atoms with Crippen LogP contribution in [0.4, 0.5) is 16.2 Å². The third-order valence-corrected chi connectivity index (χ3v) is 4.46. The van der Waals surface area contributed by atoms with E-state index in [1.807, 2.05) is 0 Å². The molecule has 0 fully saturated rings. The normalized spacial score (nSPS) is 11.6. The predicted molar refractivity (Wildman–Crippen MR) is 112 cm³/mol. The molecule has 0 saturated carbocycles. The van der Waals surface area contributed by atoms with Crippen LogP contribution in [0.25, 0.3) is 5.82 Å². The topological polar surface area (TPSA) is 133 Å². The number of carbonyl (C=O) groups is 2. The van der Waals surface area contributed by atoms with Gasteiger partial charge in [-0.2, -0.15) is 10.2 Å². The van der Waals surface area contributed by atoms with E-state index in [-0.39, 0.29) is 17.2 Å². The zero-order valence-corrected chi connectivity index (χ0v) is 17.8. The lowest BCUT2D eigenvalue weighted by atomic mass is 10.0. The number of nitrogens with zero attached hydrogens (tertiary/aromatic N) is 5. The quantitative estimate of drug-likeness (QED) is 0.529. The van der Waals surface area contributed by atoms with E-state index in [0.717, 1.165) is 0 Å². The Hall–Kier alpha value is -3.57. The molecule has 2 N–H and O–H groups in total. The van der Waals surface area contributed by atoms with Crippen molar-refractivity contribution in [1.82, 2.24) is 25.0 Å². The van der Waals surface area contributed by atoms with E-state index >= 15 is 0 Å². The van der Waals surface area contributed by atoms with Crippen molar-refractivity contribution in [2.75, 3.05) is 24.4 Å². The fourth-order valence-corrected chi connectivity index (χ4v) is 3.00. The molecule has 2 amide bonds. The van der Waals surface area contributed by atoms with Gasteiger partial charge in [0, 0.05) is 18.9 Å². The number of amides is 2. The Labute approximate surface area is 182 Å². The summed E-state index contributed by atoms with van der Waals surface area (Å²) >= 11 is 6.22. The van der Waals surface area contributed by atoms with E-state index in [1.165, 1.54) is 49.0 Å². The number of hydrogen-bond donors (Lipinski definition) is 2. The summed E-state index contributed by atoms with van der Waals surface area (Å²) in [5.41, 5.74) is 1.29. The number of ether oxygens (including phenoxy) is 2. The molecule has 1 atom stereocenters. The minimum atomic E-state index is -0.588. The minimum Gasteiger partial charge on any atom is -0.462 e. The second-order valence-electron chi connectivity index (χ2n) is 6.17. The van der Waals surface area contributed by atoms with Gasteiger partial charge >= 0.3 is 12.0 Å². The summed E-state index contributed by atoms with van der Waals surface area (Å²) in [6.45, 7) is 3.65. The van der Waals surface area contributed by atoms with E-state index in [9.17, 15) is 9.59 Å². The lowest BCUT2D eigenvalue weighted by Crippen LogP contribution is -2.22. The number of esters is 1. The van der Waals surface area contributed by atoms with Crippen LogP contribution in [0.15, 0.2) is 37.1 Å². The van der Waals surface area contributed by atoms with Gasteiger partial charge in [0.15, 0.2) is 5.82 Å². The molecule has 0 spiro atoms. The van der Waals surface area contributed by atoms with Crippen molar-refractivity contribution < 1.29 is 19.1 Å². The zero-order valence-electron chi connectivity index (χ0n) is 17.0. The summed E-state index contributed by atoms with van der Waals surface area (Å²) in [5.74, 6) is -0.239. The smallest absolute Gasteiger partial charge is 0.340 e. The number of anilines is 2. The summed E-state index contributed by atoms with van der Waals surface area (Å²) in [6.07, 6.45) is 6.69. The molecule has 12 heteroatoms. The number of aromatic nitrogens is 5. The van der Waals surface area contributed by atoms with Crippen LogP contribution >= 0.6 is 11.6 Å². The van der Waals surface area contributed by atoms with Crippen LogP contribution in [0.3, 0.4) is 0 Å². The number of rotatable bonds is 7. The minimum absolute atomic E-state index is 0.204. The van der Waals surface area contributed by atoms with Crippen LogP contribution in [0.1, 0.15) is 35.9 Å². The van der Waals surface area contributed by atoms with Crippen molar-refractivity contribution >= 4 is 35.0 Å². The fraction of sp³-hybridized carbons (Fsp3) is 0.263. The first-order valence-corrected chi connectivity index (χ1v) is 9.60. The van der Waals surface area contributed by atoms with Crippen molar-refractivity contribution in [1.29, 1.82) is 0 Å². The van der Waals surface area contributed by atoms with Gasteiger partial charge in [0.25, 0.3) is 0 Å². The van der Waals surface area contributed by atoms with Crippen molar-refractivity contribution in [3.63, 3.8) is 0 Å². The van der Waals surface area contributed by atoms with Crippen molar-refractivity contribution in [2.24, 2.45) is 0 Å². The Kier molecular flexibility index (Phi) is 7.11. The third-order valence-electron chi connectivity index (χ3n) is 4.18. The monoisotopic (exact) mass is 445 g/mol. The Morgan fingerprint density at radius 1 is 1.19 bits per heavy atom. The van der Waals surface area contributed by atoms with Crippen LogP contribution < -0.4 is 10.6 Å². The van der Waals surface area contributed by atoms with Gasteiger partial charge in [-0.05, 0) is 19.9 Å². The van der Waals surface area contributed by atoms with Crippen LogP contribution in [-0.4, -0.2) is 50.7 Å². The highest BCUT2D eigenvalue weighted by Crippen LogP contribution is 2.29. The summed E-state index contributed by atoms with van der Waals surface area (Å²) in [7, 11) is 1.49. The second-order valence-corrected chi connectivity index (χ2v) is 6.58. The maximum Gasteiger partial charge on any atom is 0.340 e. The maximum absolute atomic E-state index is 12.6. The molecule has 3 rings (SSSR count). The molecule has 0 aliphatic carbocycles. The predicted octanol–water partition coefficient (Wildman–Crippen LogP) is 3.24. The highest BCUT2D eigenvalue weighted by atomic mass is 35.5. The SMILES string of the molecule is CCOC(=O)c1cncc(NC(=O)Nc2cnc(-n3nccn3)c(Cl)c2)c1C(C)OC. The summed E-state index contributed by atoms with van der Waals surface area (Å²) in [5, 5.41) is 13.5. The number of urea groups is 1. The standard InChI is InChI=1S/C19H20ClN7O4/c1-4-31-18(28)13-9-21-10-15(16(13)11(2)30-3)26-19(29)25-12-7-14(20)17(22-8-12)27-23-5-6-24-27/h5-11H,4H2,1-3H3,(H2,25,26,29). The van der Waals surface area contributed by atoms with E-state index in [1.54, 1.807) is 13.8 Å². The Balaban J connectivity index is 1.81. The number of carbonyl (C=O) groups excluding carboxylic acids is 2. The highest BCUT2D eigenvalue weighted by Gasteiger charge is 2.22. The molecule has 0 aliphatic heterocycles. The Morgan fingerprint density at radius 3 is 2.58 bits per heavy atom. The molecule has 0 saturated heterocycles. The highest BCUT2D eigenvalue weighted by molar-refractivity contribution is 6.32. The van der Waals surface area contributed by atoms with E-state index in [0.29, 0.717) is 22.8 Å². The maximum atomic E-state index is 12.6. The van der Waals surface area contributed by atoms with E-state index in [2.05, 4.69) is 30.8 Å². The largest absolute Gasteiger partial charge is 0.462 e. The van der Waals surface area contributed by atoms with Crippen LogP contribution in [0.2, 0.25) is 5.02 Å². The van der Waals surface area contributed by atoms with Crippen LogP contribution in [0.5, 0.6) is 0 Å². The van der Waals surface area contributed by atoms with Crippen LogP contribution in [-0.2, 0) is 9.47 Å². The third kappa shape index (κ3) is 5.13. The molecule has 0 radical (unpaired) electrons. The van der Waals surface area contributed by atoms with Gasteiger partial charge < -0.3 is 20.1 Å². The lowest BCUT2D eigenvalue weighted by molar-refractivity contribution is 0.0515. The molecular weight excluding hydrogens is 426 g/mol. The molecule has 3 aromatic heterocycles. The van der Waals surface area contributed by atoms with Gasteiger partial charge in [0.2, 0.25) is 0 Å². The molecule has 0 aliphatic rings. The first-order valence-electron chi connectivity index (χ1n) is 9.22. The van der Waals surface area contributed by atoms with Gasteiger partial charge in [-0.3, -0.25) is 4.98 Å². The molecule has 0 aromatic carbocycles. The Bertz CT molecular complexity index is 1080. The van der Waals surface area contributed by atoms with E-state index in [4.69, 9.17) is 21.1 Å². The molecule has 162 valence electrons. The second kappa shape index (κ2) is 9.96. The first kappa shape index (κ1) is 22.1. The molecule has 1 unspecified atom stereocenters. The molecule has 3 heterocycles. The lowest BCUT2D eigenvalue weighted by Gasteiger charge is -2.19. The molecular formula is C19H20ClN7O4. The molecule has 3 aromatic rings. The fourth-order valence-electron chi connectivity index (χ4n) is 2.75. The van der Waals surface area contributed by atoms with Crippen molar-refractivity contribution in [2.45, 2.75) is 20.0 Å². The molecule has 11 nitrogen and oxygen atoms in total. The van der Waals surface area contributed by atoms with Gasteiger partial charge in [-0.15, -0.1) is 4.80 Å². The number of halogens is 1. The molecule has 0 bridgehead atoms. The van der Waals surface area contributed by atoms with Crippen LogP contribution in [0, 0.1) is 0 Å². The summed E-state index contributed by atoms with van der Waals surface area (Å²) in [6, 6.07) is 0.925. The van der Waals surface area contributed by atoms with Gasteiger partial charge in [0.1, 0.15) is 0 Å². The first-order chi connectivity index (χ1) is 14.9. The van der Waals surface area contributed by atoms with Gasteiger partial charge in [0.05, 0.1) is 59.5 Å². The summed E-state index contributed by atoms with van der Waals surface area (Å²) < 4.78 is 10.4. The number of nitrogens with one attached hydrogen (secondary N) is 2. The Morgan fingerprint density at radius 2 is 1.94 bits per heavy atom. The van der Waals surface area contributed by atoms with E-state index < -0.39 is 18.1 Å². The number of pyridine rings is 2. The molecule has 31 heavy (non-hydrogen) atoms. The van der Waals surface area contributed by atoms with Gasteiger partial charge in [-0.1, -0.05) is 11.6 Å². The number of hydrogen-bond acceptors (Lipinski definition) is 8. The van der Waals surface area contributed by atoms with Gasteiger partial charge in [-0.25, -0.2) is 14.6 Å².